The number of benzene rings is 3. The van der Waals surface area contributed by atoms with Gasteiger partial charge in [-0.25, -0.2) is 4.67 Å². The Balaban J connectivity index is 2.06. The zero-order chi connectivity index (χ0) is 30.5. The van der Waals surface area contributed by atoms with Gasteiger partial charge in [-0.15, -0.1) is 0 Å². The van der Waals surface area contributed by atoms with Gasteiger partial charge >= 0.3 is 0 Å². The Morgan fingerprint density at radius 3 is 1.71 bits per heavy atom. The highest BCUT2D eigenvalue weighted by Gasteiger charge is 2.39. The van der Waals surface area contributed by atoms with Gasteiger partial charge in [0, 0.05) is 12.1 Å². The molecule has 226 valence electrons. The van der Waals surface area contributed by atoms with Crippen LogP contribution in [0.2, 0.25) is 0 Å². The van der Waals surface area contributed by atoms with Crippen LogP contribution in [0.25, 0.3) is 0 Å². The van der Waals surface area contributed by atoms with Crippen LogP contribution >= 0.6 is 8.53 Å². The topological polar surface area (TPSA) is 73.2 Å². The van der Waals surface area contributed by atoms with Gasteiger partial charge in [-0.1, -0.05) is 61.5 Å². The third kappa shape index (κ3) is 8.31. The van der Waals surface area contributed by atoms with Crippen LogP contribution in [0.1, 0.15) is 64.2 Å². The van der Waals surface area contributed by atoms with Crippen molar-refractivity contribution in [1.29, 1.82) is 5.26 Å². The molecule has 42 heavy (non-hydrogen) atoms. The van der Waals surface area contributed by atoms with Crippen LogP contribution in [0.4, 0.5) is 0 Å². The minimum Gasteiger partial charge on any atom is -0.497 e. The van der Waals surface area contributed by atoms with Crippen LogP contribution in [0.15, 0.2) is 78.9 Å². The molecule has 2 unspecified atom stereocenters. The number of hydrogen-bond acceptors (Lipinski definition) is 7. The number of methoxy groups -OCH3 is 2. The molecule has 0 N–H and O–H groups in total. The zero-order valence-electron chi connectivity index (χ0n) is 25.9. The van der Waals surface area contributed by atoms with E-state index in [9.17, 15) is 0 Å². The molecule has 3 aromatic carbocycles. The first-order valence-electron chi connectivity index (χ1n) is 14.5. The molecule has 7 nitrogen and oxygen atoms in total. The SMILES string of the molecule is CCC(COC(c1ccccc1)(c1ccc(OC)cc1)c1ccc(OC)cc1)OP(OCCC#N)N(C(C)C)C(C)C. The molecule has 0 bridgehead atoms. The summed E-state index contributed by atoms with van der Waals surface area (Å²) in [4.78, 5) is 0. The number of hydrogen-bond donors (Lipinski definition) is 0. The largest absolute Gasteiger partial charge is 0.497 e. The summed E-state index contributed by atoms with van der Waals surface area (Å²) >= 11 is 0. The minimum absolute atomic E-state index is 0.207. The highest BCUT2D eigenvalue weighted by molar-refractivity contribution is 7.44. The summed E-state index contributed by atoms with van der Waals surface area (Å²) in [6.45, 7) is 11.3. The maximum Gasteiger partial charge on any atom is 0.259 e. The molecule has 0 fully saturated rings. The summed E-state index contributed by atoms with van der Waals surface area (Å²) in [5.41, 5.74) is 1.99. The third-order valence-corrected chi connectivity index (χ3v) is 9.20. The van der Waals surface area contributed by atoms with E-state index in [4.69, 9.17) is 28.5 Å². The highest BCUT2D eigenvalue weighted by Crippen LogP contribution is 2.48. The van der Waals surface area contributed by atoms with Crippen molar-refractivity contribution in [3.63, 3.8) is 0 Å². The lowest BCUT2D eigenvalue weighted by Crippen LogP contribution is -2.38. The monoisotopic (exact) mass is 592 g/mol. The van der Waals surface area contributed by atoms with Crippen molar-refractivity contribution >= 4 is 8.53 Å². The predicted octanol–water partition coefficient (Wildman–Crippen LogP) is 8.08. The van der Waals surface area contributed by atoms with Gasteiger partial charge in [0.25, 0.3) is 8.53 Å². The van der Waals surface area contributed by atoms with E-state index in [-0.39, 0.29) is 18.2 Å². The van der Waals surface area contributed by atoms with Gasteiger partial charge in [0.1, 0.15) is 17.1 Å². The van der Waals surface area contributed by atoms with E-state index in [1.165, 1.54) is 0 Å². The van der Waals surface area contributed by atoms with Crippen molar-refractivity contribution in [3.05, 3.63) is 95.6 Å². The molecule has 0 aliphatic heterocycles. The first-order chi connectivity index (χ1) is 20.3. The predicted molar refractivity (Wildman–Crippen MR) is 169 cm³/mol. The Hall–Kier alpha value is -2.98. The van der Waals surface area contributed by atoms with Gasteiger partial charge in [-0.3, -0.25) is 0 Å². The highest BCUT2D eigenvalue weighted by atomic mass is 31.2. The van der Waals surface area contributed by atoms with Crippen molar-refractivity contribution in [2.45, 2.75) is 71.2 Å². The Kier molecular flexibility index (Phi) is 13.3. The first-order valence-corrected chi connectivity index (χ1v) is 15.7. The molecule has 8 heteroatoms. The summed E-state index contributed by atoms with van der Waals surface area (Å²) in [5.74, 6) is 1.54. The van der Waals surface area contributed by atoms with E-state index in [2.05, 4.69) is 81.8 Å². The van der Waals surface area contributed by atoms with Crippen molar-refractivity contribution in [2.75, 3.05) is 27.4 Å². The molecule has 2 atom stereocenters. The van der Waals surface area contributed by atoms with Crippen LogP contribution in [0, 0.1) is 11.3 Å². The van der Waals surface area contributed by atoms with Gasteiger partial charge in [0.2, 0.25) is 0 Å². The molecule has 0 aromatic heterocycles. The standard InChI is InChI=1S/C34H45N2O5P/c1-8-31(41-42(40-24-12-23-35)36(26(2)3)27(4)5)25-39-34(28-13-10-9-11-14-28,29-15-19-32(37-6)20-16-29)30-17-21-33(38-7)22-18-30/h9-11,13-22,26-27,31H,8,12,24-25H2,1-7H3. The molecule has 0 radical (unpaired) electrons. The average molecular weight is 593 g/mol. The molecule has 0 amide bonds. The smallest absolute Gasteiger partial charge is 0.259 e. The van der Waals surface area contributed by atoms with Crippen LogP contribution in [0.3, 0.4) is 0 Å². The molecule has 3 aromatic rings. The zero-order valence-corrected chi connectivity index (χ0v) is 26.8. The fraction of sp³-hybridized carbons (Fsp3) is 0.441. The summed E-state index contributed by atoms with van der Waals surface area (Å²) < 4.78 is 33.2. The fourth-order valence-corrected chi connectivity index (χ4v) is 6.71. The Morgan fingerprint density at radius 2 is 1.29 bits per heavy atom. The van der Waals surface area contributed by atoms with Crippen molar-refractivity contribution in [1.82, 2.24) is 4.67 Å². The Bertz CT molecular complexity index is 1170. The lowest BCUT2D eigenvalue weighted by Gasteiger charge is -2.39. The molecule has 0 saturated heterocycles. The average Bonchev–Trinajstić information content (AvgIpc) is 3.01. The van der Waals surface area contributed by atoms with Crippen molar-refractivity contribution < 1.29 is 23.3 Å². The molecule has 0 aliphatic carbocycles. The fourth-order valence-electron chi connectivity index (χ4n) is 4.94. The minimum atomic E-state index is -1.41. The van der Waals surface area contributed by atoms with E-state index in [1.807, 2.05) is 42.5 Å². The van der Waals surface area contributed by atoms with Gasteiger partial charge < -0.3 is 23.3 Å². The quantitative estimate of drug-likeness (QED) is 0.0891. The number of nitriles is 1. The second kappa shape index (κ2) is 16.6. The van der Waals surface area contributed by atoms with E-state index < -0.39 is 14.1 Å². The number of ether oxygens (including phenoxy) is 3. The second-order valence-electron chi connectivity index (χ2n) is 10.5. The third-order valence-electron chi connectivity index (χ3n) is 7.02. The van der Waals surface area contributed by atoms with Gasteiger partial charge in [-0.2, -0.15) is 5.26 Å². The molecule has 3 rings (SSSR count). The van der Waals surface area contributed by atoms with E-state index >= 15 is 0 Å². The van der Waals surface area contributed by atoms with Crippen LogP contribution in [-0.4, -0.2) is 50.3 Å². The van der Waals surface area contributed by atoms with E-state index in [1.54, 1.807) is 14.2 Å². The Labute approximate surface area is 253 Å². The Morgan fingerprint density at radius 1 is 0.786 bits per heavy atom. The summed E-state index contributed by atoms with van der Waals surface area (Å²) in [6, 6.07) is 28.9. The summed E-state index contributed by atoms with van der Waals surface area (Å²) in [7, 11) is 1.91. The lowest BCUT2D eigenvalue weighted by atomic mass is 9.80. The van der Waals surface area contributed by atoms with Crippen LogP contribution < -0.4 is 9.47 Å². The van der Waals surface area contributed by atoms with E-state index in [0.717, 1.165) is 34.6 Å². The van der Waals surface area contributed by atoms with Gasteiger partial charge in [0.15, 0.2) is 0 Å². The number of rotatable bonds is 17. The summed E-state index contributed by atoms with van der Waals surface area (Å²) in [5, 5.41) is 9.12. The van der Waals surface area contributed by atoms with Crippen LogP contribution in [0.5, 0.6) is 11.5 Å². The lowest BCUT2D eigenvalue weighted by molar-refractivity contribution is -0.0350. The molecule has 0 heterocycles. The van der Waals surface area contributed by atoms with Crippen LogP contribution in [-0.2, 0) is 19.4 Å². The molecular weight excluding hydrogens is 547 g/mol. The maximum atomic E-state index is 9.12. The van der Waals surface area contributed by atoms with E-state index in [0.29, 0.717) is 19.6 Å². The molecular formula is C34H45N2O5P. The second-order valence-corrected chi connectivity index (χ2v) is 11.9. The summed E-state index contributed by atoms with van der Waals surface area (Å²) in [6.07, 6.45) is 0.782. The van der Waals surface area contributed by atoms with Crippen molar-refractivity contribution in [3.8, 4) is 17.6 Å². The molecule has 0 spiro atoms. The number of nitrogens with zero attached hydrogens (tertiary/aromatic N) is 2. The molecule has 0 aliphatic rings. The first kappa shape index (κ1) is 33.5. The van der Waals surface area contributed by atoms with Crippen molar-refractivity contribution in [2.24, 2.45) is 0 Å². The van der Waals surface area contributed by atoms with Gasteiger partial charge in [0.05, 0.1) is 46.0 Å². The van der Waals surface area contributed by atoms with Gasteiger partial charge in [-0.05, 0) is 75.1 Å². The maximum absolute atomic E-state index is 9.12. The molecule has 0 saturated carbocycles. The normalized spacial score (nSPS) is 13.3.